The lowest BCUT2D eigenvalue weighted by Gasteiger charge is -2.16. The topological polar surface area (TPSA) is 147 Å². The molecule has 1 aromatic rings. The van der Waals surface area contributed by atoms with E-state index in [1.54, 1.807) is 17.0 Å². The van der Waals surface area contributed by atoms with E-state index in [2.05, 4.69) is 93.4 Å². The van der Waals surface area contributed by atoms with Crippen LogP contribution in [0.5, 0.6) is 0 Å². The van der Waals surface area contributed by atoms with Crippen molar-refractivity contribution in [3.8, 4) is 0 Å². The van der Waals surface area contributed by atoms with Gasteiger partial charge in [-0.1, -0.05) is 69.2 Å². The molecule has 1 rings (SSSR count). The van der Waals surface area contributed by atoms with E-state index in [0.29, 0.717) is 23.9 Å². The highest BCUT2D eigenvalue weighted by atomic mass is 16.1. The lowest BCUT2D eigenvalue weighted by atomic mass is 10.0. The zero-order valence-corrected chi connectivity index (χ0v) is 33.2. The first-order valence-corrected chi connectivity index (χ1v) is 17.9. The minimum absolute atomic E-state index is 0.0242. The van der Waals surface area contributed by atoms with Crippen molar-refractivity contribution < 1.29 is 9.59 Å². The standard InChI is InChI=1S/C10H25N3.C10H22N2O.C8H12N2O.C8H20N2/c1-10(2)12-7-5-9-13(3)8-4-6-11;1-7(2)10(13)9(11)5-6-12-8(3)4;1-6(2)7(11)8-9-4-5-10(8)3;1-8(2)9-6-5-7-10(3)4/h10,12H,4-9,11H2,1-3H3;7-9,12H,5-6,11H2,1-4H3;4-6H,1-3H3;8-9H,5-7H2,1-4H3/t;9-;;/m.1../s1. The lowest BCUT2D eigenvalue weighted by molar-refractivity contribution is -0.123. The average molecular weight is 670 g/mol. The van der Waals surface area contributed by atoms with Crippen molar-refractivity contribution in [2.75, 3.05) is 67.0 Å². The maximum Gasteiger partial charge on any atom is 0.200 e. The largest absolute Gasteiger partial charge is 0.332 e. The molecule has 0 bridgehead atoms. The Morgan fingerprint density at radius 3 is 1.62 bits per heavy atom. The Labute approximate surface area is 290 Å². The van der Waals surface area contributed by atoms with Gasteiger partial charge in [-0.3, -0.25) is 9.59 Å². The molecule has 7 N–H and O–H groups in total. The summed E-state index contributed by atoms with van der Waals surface area (Å²) in [7, 11) is 8.19. The Kier molecular flexibility index (Phi) is 33.3. The van der Waals surface area contributed by atoms with Crippen LogP contribution < -0.4 is 27.4 Å². The van der Waals surface area contributed by atoms with E-state index < -0.39 is 0 Å². The number of carbonyl (C=O) groups is 2. The van der Waals surface area contributed by atoms with Gasteiger partial charge in [0.1, 0.15) is 0 Å². The van der Waals surface area contributed by atoms with Crippen molar-refractivity contribution in [3.63, 3.8) is 0 Å². The molecule has 1 atom stereocenters. The van der Waals surface area contributed by atoms with E-state index in [9.17, 15) is 9.59 Å². The van der Waals surface area contributed by atoms with Gasteiger partial charge < -0.3 is 41.8 Å². The Bertz CT molecular complexity index is 845. The van der Waals surface area contributed by atoms with Crippen LogP contribution in [0, 0.1) is 11.8 Å². The number of nitrogens with two attached hydrogens (primary N) is 2. The van der Waals surface area contributed by atoms with Crippen molar-refractivity contribution in [1.82, 2.24) is 35.3 Å². The molecule has 0 spiro atoms. The number of rotatable bonds is 21. The van der Waals surface area contributed by atoms with Crippen LogP contribution in [0.25, 0.3) is 0 Å². The van der Waals surface area contributed by atoms with E-state index in [4.69, 9.17) is 11.5 Å². The van der Waals surface area contributed by atoms with Crippen molar-refractivity contribution in [1.29, 1.82) is 0 Å². The quantitative estimate of drug-likeness (QED) is 0.0969. The average Bonchev–Trinajstić information content (AvgIpc) is 3.41. The fraction of sp³-hybridized carbons (Fsp3) is 0.861. The molecule has 0 aliphatic carbocycles. The van der Waals surface area contributed by atoms with Gasteiger partial charge >= 0.3 is 0 Å². The molecule has 0 aromatic carbocycles. The number of hydrogen-bond acceptors (Lipinski definition) is 10. The first-order valence-electron chi connectivity index (χ1n) is 17.9. The molecule has 0 aliphatic rings. The van der Waals surface area contributed by atoms with Gasteiger partial charge in [-0.15, -0.1) is 0 Å². The Hall–Kier alpha value is -1.73. The van der Waals surface area contributed by atoms with Crippen molar-refractivity contribution in [2.24, 2.45) is 30.4 Å². The van der Waals surface area contributed by atoms with E-state index in [1.807, 2.05) is 34.7 Å². The molecular formula is C36H79N9O2. The first-order chi connectivity index (χ1) is 21.9. The van der Waals surface area contributed by atoms with E-state index in [1.165, 1.54) is 25.9 Å². The van der Waals surface area contributed by atoms with Gasteiger partial charge in [-0.05, 0) is 92.6 Å². The zero-order valence-electron chi connectivity index (χ0n) is 33.2. The SMILES string of the molecule is CC(C)C(=O)c1nccn1C.CC(C)NCCCN(C)C.CC(C)NCCCN(C)CCCN.CC(C)NCC[C@@H](N)C(=O)C(C)C. The van der Waals surface area contributed by atoms with Crippen LogP contribution in [0.2, 0.25) is 0 Å². The van der Waals surface area contributed by atoms with Crippen molar-refractivity contribution in [3.05, 3.63) is 18.2 Å². The molecule has 1 heterocycles. The number of nitrogens with one attached hydrogen (secondary N) is 3. The molecule has 11 nitrogen and oxygen atoms in total. The highest BCUT2D eigenvalue weighted by molar-refractivity contribution is 5.94. The molecule has 0 saturated carbocycles. The Morgan fingerprint density at radius 1 is 0.766 bits per heavy atom. The maximum absolute atomic E-state index is 11.4. The van der Waals surface area contributed by atoms with E-state index >= 15 is 0 Å². The molecule has 0 amide bonds. The molecule has 0 fully saturated rings. The number of Topliss-reactive ketones (excluding diaryl/α,β-unsaturated/α-hetero) is 2. The molecule has 280 valence electrons. The second-order valence-electron chi connectivity index (χ2n) is 14.1. The number of carbonyl (C=O) groups excluding carboxylic acids is 2. The lowest BCUT2D eigenvalue weighted by Crippen LogP contribution is -2.37. The van der Waals surface area contributed by atoms with Gasteiger partial charge in [0.15, 0.2) is 11.6 Å². The number of aryl methyl sites for hydroxylation is 1. The summed E-state index contributed by atoms with van der Waals surface area (Å²) in [6, 6.07) is 1.39. The van der Waals surface area contributed by atoms with Crippen LogP contribution in [0.1, 0.15) is 106 Å². The number of ketones is 2. The summed E-state index contributed by atoms with van der Waals surface area (Å²) in [5, 5.41) is 10.0. The van der Waals surface area contributed by atoms with Crippen molar-refractivity contribution >= 4 is 11.6 Å². The molecule has 0 saturated heterocycles. The highest BCUT2D eigenvalue weighted by Gasteiger charge is 2.16. The number of aromatic nitrogens is 2. The minimum atomic E-state index is -0.300. The van der Waals surface area contributed by atoms with Crippen LogP contribution in [0.15, 0.2) is 12.4 Å². The summed E-state index contributed by atoms with van der Waals surface area (Å²) >= 11 is 0. The summed E-state index contributed by atoms with van der Waals surface area (Å²) in [5.41, 5.74) is 11.1. The first kappa shape index (κ1) is 49.7. The number of imidazole rings is 1. The maximum atomic E-state index is 11.4. The Morgan fingerprint density at radius 2 is 1.23 bits per heavy atom. The smallest absolute Gasteiger partial charge is 0.200 e. The molecule has 47 heavy (non-hydrogen) atoms. The third kappa shape index (κ3) is 33.9. The van der Waals surface area contributed by atoms with Gasteiger partial charge in [0, 0.05) is 49.4 Å². The van der Waals surface area contributed by atoms with Crippen LogP contribution in [-0.4, -0.2) is 122 Å². The van der Waals surface area contributed by atoms with Gasteiger partial charge in [0.25, 0.3) is 0 Å². The van der Waals surface area contributed by atoms with E-state index in [0.717, 1.165) is 45.6 Å². The van der Waals surface area contributed by atoms with Crippen LogP contribution in [0.4, 0.5) is 0 Å². The zero-order chi connectivity index (χ0) is 36.9. The monoisotopic (exact) mass is 670 g/mol. The van der Waals surface area contributed by atoms with Crippen LogP contribution >= 0.6 is 0 Å². The predicted molar refractivity (Wildman–Crippen MR) is 203 cm³/mol. The fourth-order valence-electron chi connectivity index (χ4n) is 3.96. The molecule has 0 unspecified atom stereocenters. The van der Waals surface area contributed by atoms with Crippen LogP contribution in [0.3, 0.4) is 0 Å². The number of hydrogen-bond donors (Lipinski definition) is 5. The highest BCUT2D eigenvalue weighted by Crippen LogP contribution is 2.04. The van der Waals surface area contributed by atoms with Gasteiger partial charge in [-0.2, -0.15) is 0 Å². The summed E-state index contributed by atoms with van der Waals surface area (Å²) in [6.07, 6.45) is 7.71. The van der Waals surface area contributed by atoms with Gasteiger partial charge in [0.2, 0.25) is 5.78 Å². The summed E-state index contributed by atoms with van der Waals surface area (Å²) in [4.78, 5) is 31.2. The summed E-state index contributed by atoms with van der Waals surface area (Å²) in [5.74, 6) is 0.869. The molecule has 0 radical (unpaired) electrons. The van der Waals surface area contributed by atoms with E-state index in [-0.39, 0.29) is 29.4 Å². The Balaban J connectivity index is -0.000000552. The van der Waals surface area contributed by atoms with Gasteiger partial charge in [0.05, 0.1) is 6.04 Å². The fourth-order valence-corrected chi connectivity index (χ4v) is 3.96. The van der Waals surface area contributed by atoms with Crippen molar-refractivity contribution in [2.45, 2.75) is 119 Å². The molecule has 11 heteroatoms. The normalized spacial score (nSPS) is 11.9. The molecule has 1 aromatic heterocycles. The number of nitrogens with zero attached hydrogens (tertiary/aromatic N) is 4. The molecular weight excluding hydrogens is 590 g/mol. The predicted octanol–water partition coefficient (Wildman–Crippen LogP) is 3.78. The minimum Gasteiger partial charge on any atom is -0.332 e. The second kappa shape index (κ2) is 31.5. The second-order valence-corrected chi connectivity index (χ2v) is 14.1. The van der Waals surface area contributed by atoms with Crippen LogP contribution in [-0.2, 0) is 11.8 Å². The van der Waals surface area contributed by atoms with Gasteiger partial charge in [-0.25, -0.2) is 4.98 Å². The summed E-state index contributed by atoms with van der Waals surface area (Å²) in [6.45, 7) is 27.7. The third-order valence-corrected chi connectivity index (χ3v) is 6.86. The molecule has 0 aliphatic heterocycles. The third-order valence-electron chi connectivity index (χ3n) is 6.86. The summed E-state index contributed by atoms with van der Waals surface area (Å²) < 4.78 is 1.74.